The molecule has 0 aromatic rings. The van der Waals surface area contributed by atoms with Crippen LogP contribution in [0.25, 0.3) is 0 Å². The van der Waals surface area contributed by atoms with Crippen LogP contribution in [-0.4, -0.2) is 48.4 Å². The molecule has 114 valence electrons. The van der Waals surface area contributed by atoms with E-state index < -0.39 is 5.54 Å². The van der Waals surface area contributed by atoms with Crippen molar-refractivity contribution in [2.24, 2.45) is 5.92 Å². The Hall–Kier alpha value is -0.260. The zero-order chi connectivity index (χ0) is 14.7. The van der Waals surface area contributed by atoms with Crippen LogP contribution >= 0.6 is 11.8 Å². The Balaban J connectivity index is 3.85. The first-order chi connectivity index (χ1) is 9.00. The van der Waals surface area contributed by atoms with Gasteiger partial charge < -0.3 is 15.2 Å². The predicted molar refractivity (Wildman–Crippen MR) is 81.5 cm³/mol. The van der Waals surface area contributed by atoms with Crippen molar-refractivity contribution in [2.75, 3.05) is 31.8 Å². The number of aliphatic hydroxyl groups is 1. The van der Waals surface area contributed by atoms with E-state index in [0.717, 1.165) is 37.3 Å². The smallest absolute Gasteiger partial charge is 0.325 e. The van der Waals surface area contributed by atoms with Crippen LogP contribution in [0.15, 0.2) is 0 Å². The van der Waals surface area contributed by atoms with Gasteiger partial charge in [0.25, 0.3) is 0 Å². The Kier molecular flexibility index (Phi) is 10.4. The molecule has 2 unspecified atom stereocenters. The third kappa shape index (κ3) is 7.80. The maximum Gasteiger partial charge on any atom is 0.325 e. The Morgan fingerprint density at radius 3 is 2.68 bits per heavy atom. The van der Waals surface area contributed by atoms with Gasteiger partial charge >= 0.3 is 5.97 Å². The van der Waals surface area contributed by atoms with Gasteiger partial charge in [0.1, 0.15) is 5.54 Å². The average Bonchev–Trinajstić information content (AvgIpc) is 2.41. The molecular weight excluding hydrogens is 262 g/mol. The van der Waals surface area contributed by atoms with Crippen molar-refractivity contribution in [3.8, 4) is 0 Å². The van der Waals surface area contributed by atoms with Gasteiger partial charge in [-0.2, -0.15) is 11.8 Å². The van der Waals surface area contributed by atoms with Crippen LogP contribution in [0.1, 0.15) is 40.0 Å². The van der Waals surface area contributed by atoms with E-state index in [4.69, 9.17) is 9.84 Å². The van der Waals surface area contributed by atoms with Gasteiger partial charge in [-0.25, -0.2) is 0 Å². The van der Waals surface area contributed by atoms with Gasteiger partial charge in [-0.05, 0) is 43.7 Å². The maximum atomic E-state index is 11.8. The number of aliphatic hydroxyl groups excluding tert-OH is 1. The fraction of sp³-hybridized carbons (Fsp3) is 0.929. The number of hydrogen-bond donors (Lipinski definition) is 2. The Labute approximate surface area is 121 Å². The Bertz CT molecular complexity index is 251. The summed E-state index contributed by atoms with van der Waals surface area (Å²) in [6, 6.07) is 0. The van der Waals surface area contributed by atoms with E-state index in [1.54, 1.807) is 0 Å². The van der Waals surface area contributed by atoms with Gasteiger partial charge in [-0.15, -0.1) is 0 Å². The highest BCUT2D eigenvalue weighted by atomic mass is 32.2. The summed E-state index contributed by atoms with van der Waals surface area (Å²) < 4.78 is 4.86. The standard InChI is InChI=1S/C14H29NO3S/c1-5-15-14(3,13(17)18-4)8-6-7-9-19-11-12(2)10-16/h12,15-16H,5-11H2,1-4H3. The van der Waals surface area contributed by atoms with Gasteiger partial charge in [0.05, 0.1) is 7.11 Å². The lowest BCUT2D eigenvalue weighted by Crippen LogP contribution is -2.50. The molecule has 19 heavy (non-hydrogen) atoms. The molecule has 0 bridgehead atoms. The average molecular weight is 291 g/mol. The molecular formula is C14H29NO3S. The van der Waals surface area contributed by atoms with Crippen LogP contribution in [0, 0.1) is 5.92 Å². The van der Waals surface area contributed by atoms with Gasteiger partial charge in [-0.1, -0.05) is 20.3 Å². The van der Waals surface area contributed by atoms with E-state index in [0.29, 0.717) is 5.92 Å². The molecule has 0 aliphatic rings. The molecule has 0 fully saturated rings. The van der Waals surface area contributed by atoms with Gasteiger partial charge in [-0.3, -0.25) is 4.79 Å². The van der Waals surface area contributed by atoms with Crippen molar-refractivity contribution >= 4 is 17.7 Å². The number of ether oxygens (including phenoxy) is 1. The monoisotopic (exact) mass is 291 g/mol. The first-order valence-electron chi connectivity index (χ1n) is 7.02. The third-order valence-corrected chi connectivity index (χ3v) is 4.51. The van der Waals surface area contributed by atoms with Crippen molar-refractivity contribution < 1.29 is 14.6 Å². The number of thioether (sulfide) groups is 1. The van der Waals surface area contributed by atoms with Crippen molar-refractivity contribution in [2.45, 2.75) is 45.6 Å². The zero-order valence-corrected chi connectivity index (χ0v) is 13.5. The van der Waals surface area contributed by atoms with E-state index in [1.807, 2.05) is 32.5 Å². The van der Waals surface area contributed by atoms with E-state index in [9.17, 15) is 4.79 Å². The highest BCUT2D eigenvalue weighted by Gasteiger charge is 2.32. The molecule has 0 aliphatic carbocycles. The lowest BCUT2D eigenvalue weighted by Gasteiger charge is -2.27. The van der Waals surface area contributed by atoms with Gasteiger partial charge in [0, 0.05) is 6.61 Å². The van der Waals surface area contributed by atoms with Crippen LogP contribution in [0.5, 0.6) is 0 Å². The Morgan fingerprint density at radius 1 is 1.47 bits per heavy atom. The van der Waals surface area contributed by atoms with Crippen molar-refractivity contribution in [3.63, 3.8) is 0 Å². The number of esters is 1. The summed E-state index contributed by atoms with van der Waals surface area (Å²) in [4.78, 5) is 11.8. The molecule has 0 aromatic heterocycles. The predicted octanol–water partition coefficient (Wildman–Crippen LogP) is 2.06. The van der Waals surface area contributed by atoms with Crippen LogP contribution in [0.4, 0.5) is 0 Å². The lowest BCUT2D eigenvalue weighted by molar-refractivity contribution is -0.148. The molecule has 0 rings (SSSR count). The SMILES string of the molecule is CCNC(C)(CCCCSCC(C)CO)C(=O)OC. The molecule has 0 heterocycles. The first kappa shape index (κ1) is 18.7. The van der Waals surface area contributed by atoms with Crippen LogP contribution in [0.2, 0.25) is 0 Å². The molecule has 4 nitrogen and oxygen atoms in total. The molecule has 2 atom stereocenters. The number of hydrogen-bond acceptors (Lipinski definition) is 5. The summed E-state index contributed by atoms with van der Waals surface area (Å²) in [6.45, 7) is 6.96. The number of nitrogens with one attached hydrogen (secondary N) is 1. The minimum Gasteiger partial charge on any atom is -0.468 e. The summed E-state index contributed by atoms with van der Waals surface area (Å²) in [5, 5.41) is 12.1. The van der Waals surface area contributed by atoms with E-state index in [1.165, 1.54) is 7.11 Å². The molecule has 5 heteroatoms. The minimum absolute atomic E-state index is 0.184. The van der Waals surface area contributed by atoms with Crippen LogP contribution in [-0.2, 0) is 9.53 Å². The van der Waals surface area contributed by atoms with Gasteiger partial charge in [0.2, 0.25) is 0 Å². The van der Waals surface area contributed by atoms with Gasteiger partial charge in [0.15, 0.2) is 0 Å². The summed E-state index contributed by atoms with van der Waals surface area (Å²) >= 11 is 1.87. The summed E-state index contributed by atoms with van der Waals surface area (Å²) in [5.74, 6) is 2.26. The number of carbonyl (C=O) groups excluding carboxylic acids is 1. The van der Waals surface area contributed by atoms with Crippen molar-refractivity contribution in [3.05, 3.63) is 0 Å². The quantitative estimate of drug-likeness (QED) is 0.451. The molecule has 0 radical (unpaired) electrons. The summed E-state index contributed by atoms with van der Waals surface area (Å²) in [7, 11) is 1.43. The highest BCUT2D eigenvalue weighted by Crippen LogP contribution is 2.18. The molecule has 0 spiro atoms. The second-order valence-electron chi connectivity index (χ2n) is 5.17. The van der Waals surface area contributed by atoms with E-state index in [2.05, 4.69) is 5.32 Å². The molecule has 0 saturated carbocycles. The molecule has 0 aromatic carbocycles. The zero-order valence-electron chi connectivity index (χ0n) is 12.7. The normalized spacial score (nSPS) is 15.8. The second-order valence-corrected chi connectivity index (χ2v) is 6.32. The molecule has 0 aliphatic heterocycles. The molecule has 0 amide bonds. The number of rotatable bonds is 11. The number of methoxy groups -OCH3 is 1. The Morgan fingerprint density at radius 2 is 2.16 bits per heavy atom. The van der Waals surface area contributed by atoms with Crippen LogP contribution in [0.3, 0.4) is 0 Å². The first-order valence-corrected chi connectivity index (χ1v) is 8.17. The molecule has 0 saturated heterocycles. The van der Waals surface area contributed by atoms with Crippen molar-refractivity contribution in [1.82, 2.24) is 5.32 Å². The van der Waals surface area contributed by atoms with Crippen molar-refractivity contribution in [1.29, 1.82) is 0 Å². The minimum atomic E-state index is -0.563. The maximum absolute atomic E-state index is 11.8. The topological polar surface area (TPSA) is 58.6 Å². The lowest BCUT2D eigenvalue weighted by atomic mass is 9.95. The summed E-state index contributed by atoms with van der Waals surface area (Å²) in [5.41, 5.74) is -0.563. The fourth-order valence-corrected chi connectivity index (χ4v) is 2.98. The van der Waals surface area contributed by atoms with Crippen LogP contribution < -0.4 is 5.32 Å². The van der Waals surface area contributed by atoms with E-state index >= 15 is 0 Å². The molecule has 2 N–H and O–H groups in total. The fourth-order valence-electron chi connectivity index (χ4n) is 1.90. The number of likely N-dealkylation sites (N-methyl/N-ethyl adjacent to an activating group) is 1. The summed E-state index contributed by atoms with van der Waals surface area (Å²) in [6.07, 6.45) is 2.88. The number of carbonyl (C=O) groups is 1. The second kappa shape index (κ2) is 10.5. The number of unbranched alkanes of at least 4 members (excludes halogenated alkanes) is 1. The highest BCUT2D eigenvalue weighted by molar-refractivity contribution is 7.99. The third-order valence-electron chi connectivity index (χ3n) is 3.13. The largest absolute Gasteiger partial charge is 0.468 e. The van der Waals surface area contributed by atoms with E-state index in [-0.39, 0.29) is 12.6 Å².